The van der Waals surface area contributed by atoms with E-state index in [2.05, 4.69) is 31.9 Å². The van der Waals surface area contributed by atoms with Crippen LogP contribution in [0.1, 0.15) is 10.4 Å². The van der Waals surface area contributed by atoms with E-state index >= 15 is 0 Å². The van der Waals surface area contributed by atoms with Gasteiger partial charge in [-0.15, -0.1) is 0 Å². The minimum absolute atomic E-state index is 0.284. The summed E-state index contributed by atoms with van der Waals surface area (Å²) < 4.78 is 5.79. The monoisotopic (exact) mass is 377 g/mol. The Morgan fingerprint density at radius 2 is 1.74 bits per heavy atom. The summed E-state index contributed by atoms with van der Waals surface area (Å²) in [5, 5.41) is 7.89. The number of amides is 3. The molecule has 2 aromatic rings. The average Bonchev–Trinajstić information content (AvgIpc) is 2.55. The number of hydrogen-bond donors (Lipinski definition) is 3. The second kappa shape index (κ2) is 7.64. The molecule has 0 fully saturated rings. The average molecular weight is 378 g/mol. The Morgan fingerprint density at radius 3 is 2.39 bits per heavy atom. The highest BCUT2D eigenvalue weighted by Crippen LogP contribution is 2.24. The summed E-state index contributed by atoms with van der Waals surface area (Å²) >= 11 is 3.35. The summed E-state index contributed by atoms with van der Waals surface area (Å²) in [6, 6.07) is 11.7. The third-order valence-corrected chi connectivity index (χ3v) is 3.72. The molecule has 0 aromatic heterocycles. The Labute approximate surface area is 142 Å². The third kappa shape index (κ3) is 4.46. The zero-order valence-corrected chi connectivity index (χ0v) is 14.2. The quantitative estimate of drug-likeness (QED) is 0.763. The van der Waals surface area contributed by atoms with Crippen molar-refractivity contribution in [3.05, 3.63) is 52.5 Å². The predicted molar refractivity (Wildman–Crippen MR) is 93.2 cm³/mol. The number of methoxy groups -OCH3 is 1. The maximum atomic E-state index is 12.4. The van der Waals surface area contributed by atoms with Gasteiger partial charge in [0.25, 0.3) is 5.91 Å². The molecule has 0 radical (unpaired) electrons. The van der Waals surface area contributed by atoms with Gasteiger partial charge in [-0.3, -0.25) is 4.79 Å². The number of hydrogen-bond acceptors (Lipinski definition) is 3. The van der Waals surface area contributed by atoms with Crippen LogP contribution >= 0.6 is 15.9 Å². The topological polar surface area (TPSA) is 79.5 Å². The Bertz CT molecular complexity index is 734. The third-order valence-electron chi connectivity index (χ3n) is 3.02. The fourth-order valence-electron chi connectivity index (χ4n) is 1.87. The standard InChI is InChI=1S/C16H16BrN3O3/c1-18-16(22)20-11-5-3-4-10(8-11)19-15(21)13-9-12(23-2)6-7-14(13)17/h3-9H,1-2H3,(H,19,21)(H2,18,20,22). The lowest BCUT2D eigenvalue weighted by Crippen LogP contribution is -2.24. The van der Waals surface area contributed by atoms with Crippen LogP contribution in [0.2, 0.25) is 0 Å². The number of anilines is 2. The van der Waals surface area contributed by atoms with Crippen molar-refractivity contribution < 1.29 is 14.3 Å². The maximum absolute atomic E-state index is 12.4. The molecule has 3 amide bonds. The molecule has 2 aromatic carbocycles. The molecule has 0 aliphatic heterocycles. The summed E-state index contributed by atoms with van der Waals surface area (Å²) in [6.45, 7) is 0. The molecule has 2 rings (SSSR count). The smallest absolute Gasteiger partial charge is 0.318 e. The molecule has 0 aliphatic carbocycles. The molecule has 0 heterocycles. The first-order chi connectivity index (χ1) is 11.0. The fraction of sp³-hybridized carbons (Fsp3) is 0.125. The van der Waals surface area contributed by atoms with Gasteiger partial charge in [0.05, 0.1) is 12.7 Å². The van der Waals surface area contributed by atoms with E-state index < -0.39 is 0 Å². The molecule has 0 atom stereocenters. The van der Waals surface area contributed by atoms with Crippen LogP contribution in [0.5, 0.6) is 5.75 Å². The Hall–Kier alpha value is -2.54. The molecule has 3 N–H and O–H groups in total. The lowest BCUT2D eigenvalue weighted by molar-refractivity contribution is 0.102. The number of benzene rings is 2. The lowest BCUT2D eigenvalue weighted by Gasteiger charge is -2.10. The number of halogens is 1. The van der Waals surface area contributed by atoms with E-state index in [0.29, 0.717) is 27.2 Å². The molecule has 0 unspecified atom stereocenters. The first kappa shape index (κ1) is 16.8. The summed E-state index contributed by atoms with van der Waals surface area (Å²) in [4.78, 5) is 23.7. The van der Waals surface area contributed by atoms with Crippen molar-refractivity contribution in [1.82, 2.24) is 5.32 Å². The van der Waals surface area contributed by atoms with Crippen molar-refractivity contribution >= 4 is 39.2 Å². The first-order valence-corrected chi connectivity index (χ1v) is 7.56. The van der Waals surface area contributed by atoms with Crippen LogP contribution in [-0.2, 0) is 0 Å². The molecule has 0 saturated carbocycles. The Kier molecular flexibility index (Phi) is 5.59. The van der Waals surface area contributed by atoms with Gasteiger partial charge < -0.3 is 20.7 Å². The highest BCUT2D eigenvalue weighted by molar-refractivity contribution is 9.10. The normalized spacial score (nSPS) is 9.87. The van der Waals surface area contributed by atoms with Crippen LogP contribution in [0, 0.1) is 0 Å². The van der Waals surface area contributed by atoms with Gasteiger partial charge in [-0.05, 0) is 52.3 Å². The van der Waals surface area contributed by atoms with Crippen molar-refractivity contribution in [2.75, 3.05) is 24.8 Å². The van der Waals surface area contributed by atoms with E-state index in [-0.39, 0.29) is 11.9 Å². The predicted octanol–water partition coefficient (Wildman–Crippen LogP) is 3.46. The van der Waals surface area contributed by atoms with Crippen molar-refractivity contribution in [3.63, 3.8) is 0 Å². The van der Waals surface area contributed by atoms with Gasteiger partial charge in [0.15, 0.2) is 0 Å². The Morgan fingerprint density at radius 1 is 1.04 bits per heavy atom. The van der Waals surface area contributed by atoms with Crippen molar-refractivity contribution in [2.45, 2.75) is 0 Å². The van der Waals surface area contributed by atoms with E-state index in [4.69, 9.17) is 4.74 Å². The van der Waals surface area contributed by atoms with Gasteiger partial charge >= 0.3 is 6.03 Å². The molecule has 0 spiro atoms. The molecular weight excluding hydrogens is 362 g/mol. The number of nitrogens with one attached hydrogen (secondary N) is 3. The number of carbonyl (C=O) groups excluding carboxylic acids is 2. The summed E-state index contributed by atoms with van der Waals surface area (Å²) in [5.74, 6) is 0.307. The second-order valence-corrected chi connectivity index (χ2v) is 5.44. The van der Waals surface area contributed by atoms with Gasteiger partial charge in [-0.1, -0.05) is 6.07 Å². The van der Waals surface area contributed by atoms with E-state index in [9.17, 15) is 9.59 Å². The van der Waals surface area contributed by atoms with E-state index in [1.807, 2.05) is 0 Å². The Balaban J connectivity index is 2.17. The highest BCUT2D eigenvalue weighted by atomic mass is 79.9. The molecule has 6 nitrogen and oxygen atoms in total. The van der Waals surface area contributed by atoms with E-state index in [0.717, 1.165) is 0 Å². The van der Waals surface area contributed by atoms with Crippen LogP contribution in [0.25, 0.3) is 0 Å². The van der Waals surface area contributed by atoms with Crippen LogP contribution in [0.3, 0.4) is 0 Å². The summed E-state index contributed by atoms with van der Waals surface area (Å²) in [6.07, 6.45) is 0. The van der Waals surface area contributed by atoms with Gasteiger partial charge in [-0.2, -0.15) is 0 Å². The largest absolute Gasteiger partial charge is 0.497 e. The number of ether oxygens (including phenoxy) is 1. The minimum atomic E-state index is -0.330. The van der Waals surface area contributed by atoms with Crippen molar-refractivity contribution in [2.24, 2.45) is 0 Å². The maximum Gasteiger partial charge on any atom is 0.318 e. The molecule has 120 valence electrons. The number of rotatable bonds is 4. The van der Waals surface area contributed by atoms with Gasteiger partial charge in [-0.25, -0.2) is 4.79 Å². The molecule has 0 saturated heterocycles. The van der Waals surface area contributed by atoms with Crippen molar-refractivity contribution in [3.8, 4) is 5.75 Å². The molecule has 23 heavy (non-hydrogen) atoms. The van der Waals surface area contributed by atoms with Crippen LogP contribution in [-0.4, -0.2) is 26.1 Å². The van der Waals surface area contributed by atoms with Crippen LogP contribution in [0.4, 0.5) is 16.2 Å². The lowest BCUT2D eigenvalue weighted by atomic mass is 10.2. The first-order valence-electron chi connectivity index (χ1n) is 6.77. The second-order valence-electron chi connectivity index (χ2n) is 4.58. The van der Waals surface area contributed by atoms with E-state index in [1.165, 1.54) is 7.05 Å². The van der Waals surface area contributed by atoms with Crippen molar-refractivity contribution in [1.29, 1.82) is 0 Å². The minimum Gasteiger partial charge on any atom is -0.497 e. The molecule has 0 bridgehead atoms. The summed E-state index contributed by atoms with van der Waals surface area (Å²) in [7, 11) is 3.07. The number of urea groups is 1. The zero-order valence-electron chi connectivity index (χ0n) is 12.6. The highest BCUT2D eigenvalue weighted by Gasteiger charge is 2.12. The van der Waals surface area contributed by atoms with Crippen LogP contribution < -0.4 is 20.7 Å². The SMILES string of the molecule is CNC(=O)Nc1cccc(NC(=O)c2cc(OC)ccc2Br)c1. The molecule has 7 heteroatoms. The summed E-state index contributed by atoms with van der Waals surface area (Å²) in [5.41, 5.74) is 1.60. The van der Waals surface area contributed by atoms with Crippen LogP contribution in [0.15, 0.2) is 46.9 Å². The van der Waals surface area contributed by atoms with Gasteiger partial charge in [0, 0.05) is 22.9 Å². The van der Waals surface area contributed by atoms with Gasteiger partial charge in [0.2, 0.25) is 0 Å². The number of carbonyl (C=O) groups is 2. The molecular formula is C16H16BrN3O3. The van der Waals surface area contributed by atoms with E-state index in [1.54, 1.807) is 49.6 Å². The van der Waals surface area contributed by atoms with Gasteiger partial charge in [0.1, 0.15) is 5.75 Å². The fourth-order valence-corrected chi connectivity index (χ4v) is 2.30. The zero-order chi connectivity index (χ0) is 16.8. The molecule has 0 aliphatic rings.